The van der Waals surface area contributed by atoms with Crippen LogP contribution in [0.15, 0.2) is 24.3 Å². The summed E-state index contributed by atoms with van der Waals surface area (Å²) in [5.74, 6) is 0.0917. The second kappa shape index (κ2) is 10.1. The highest BCUT2D eigenvalue weighted by Crippen LogP contribution is 2.26. The first kappa shape index (κ1) is 21.7. The van der Waals surface area contributed by atoms with Crippen LogP contribution in [0.25, 0.3) is 0 Å². The molecule has 3 N–H and O–H groups in total. The number of benzene rings is 1. The Morgan fingerprint density at radius 3 is 2.21 bits per heavy atom. The third kappa shape index (κ3) is 8.41. The Hall–Kier alpha value is -2.57. The molecule has 1 aromatic rings. The van der Waals surface area contributed by atoms with Crippen molar-refractivity contribution in [2.24, 2.45) is 5.92 Å². The molecule has 1 aromatic carbocycles. The van der Waals surface area contributed by atoms with Gasteiger partial charge in [-0.1, -0.05) is 25.3 Å². The Morgan fingerprint density at radius 1 is 1.00 bits per heavy atom. The molecule has 1 fully saturated rings. The van der Waals surface area contributed by atoms with Gasteiger partial charge in [-0.15, -0.1) is 0 Å². The minimum atomic E-state index is -0.647. The maximum atomic E-state index is 12.2. The molecule has 1 aliphatic carbocycles. The van der Waals surface area contributed by atoms with Crippen molar-refractivity contribution in [2.75, 3.05) is 17.2 Å². The first-order chi connectivity index (χ1) is 13.2. The molecule has 7 heteroatoms. The van der Waals surface area contributed by atoms with E-state index in [2.05, 4.69) is 16.0 Å². The van der Waals surface area contributed by atoms with E-state index in [1.165, 1.54) is 19.3 Å². The van der Waals surface area contributed by atoms with E-state index in [9.17, 15) is 14.4 Å². The smallest absolute Gasteiger partial charge is 0.408 e. The molecule has 0 bridgehead atoms. The van der Waals surface area contributed by atoms with Gasteiger partial charge < -0.3 is 20.7 Å². The Bertz CT molecular complexity index is 691. The summed E-state index contributed by atoms with van der Waals surface area (Å²) in [5, 5.41) is 8.00. The van der Waals surface area contributed by atoms with Crippen LogP contribution in [0, 0.1) is 5.92 Å². The fourth-order valence-electron chi connectivity index (χ4n) is 3.21. The van der Waals surface area contributed by atoms with Crippen molar-refractivity contribution in [2.45, 2.75) is 64.9 Å². The van der Waals surface area contributed by atoms with Crippen molar-refractivity contribution in [3.8, 4) is 0 Å². The third-order valence-corrected chi connectivity index (χ3v) is 4.42. The van der Waals surface area contributed by atoms with Crippen LogP contribution in [-0.4, -0.2) is 30.1 Å². The number of alkyl carbamates (subject to hydrolysis) is 1. The zero-order valence-electron chi connectivity index (χ0n) is 17.0. The molecule has 2 rings (SSSR count). The quantitative estimate of drug-likeness (QED) is 0.683. The predicted molar refractivity (Wildman–Crippen MR) is 109 cm³/mol. The molecular formula is C21H31N3O4. The average molecular weight is 389 g/mol. The largest absolute Gasteiger partial charge is 0.444 e. The van der Waals surface area contributed by atoms with Crippen molar-refractivity contribution >= 4 is 29.3 Å². The van der Waals surface area contributed by atoms with Crippen LogP contribution in [0.1, 0.15) is 59.3 Å². The fourth-order valence-corrected chi connectivity index (χ4v) is 3.21. The van der Waals surface area contributed by atoms with Gasteiger partial charge in [0.05, 0.1) is 0 Å². The number of hydrogen-bond acceptors (Lipinski definition) is 4. The SMILES string of the molecule is CC(C)(C)OC(=O)NCC(=O)Nc1cccc(NC(=O)CC2CCCCC2)c1. The Kier molecular flexibility index (Phi) is 7.84. The lowest BCUT2D eigenvalue weighted by molar-refractivity contribution is -0.117. The summed E-state index contributed by atoms with van der Waals surface area (Å²) < 4.78 is 5.09. The van der Waals surface area contributed by atoms with Gasteiger partial charge in [-0.3, -0.25) is 9.59 Å². The maximum absolute atomic E-state index is 12.2. The van der Waals surface area contributed by atoms with E-state index in [4.69, 9.17) is 4.74 Å². The van der Waals surface area contributed by atoms with Crippen LogP contribution < -0.4 is 16.0 Å². The molecule has 3 amide bonds. The Balaban J connectivity index is 1.79. The summed E-state index contributed by atoms with van der Waals surface area (Å²) in [6.45, 7) is 5.05. The number of rotatable bonds is 6. The third-order valence-electron chi connectivity index (χ3n) is 4.42. The molecule has 0 aromatic heterocycles. The number of ether oxygens (including phenoxy) is 1. The van der Waals surface area contributed by atoms with Crippen LogP contribution in [0.5, 0.6) is 0 Å². The van der Waals surface area contributed by atoms with E-state index in [0.29, 0.717) is 23.7 Å². The molecule has 0 unspecified atom stereocenters. The first-order valence-electron chi connectivity index (χ1n) is 9.88. The topological polar surface area (TPSA) is 96.5 Å². The Morgan fingerprint density at radius 2 is 1.61 bits per heavy atom. The molecule has 0 heterocycles. The molecule has 7 nitrogen and oxygen atoms in total. The van der Waals surface area contributed by atoms with Crippen molar-refractivity contribution in [1.29, 1.82) is 0 Å². The van der Waals surface area contributed by atoms with Gasteiger partial charge in [0.25, 0.3) is 0 Å². The number of hydrogen-bond donors (Lipinski definition) is 3. The van der Waals surface area contributed by atoms with Crippen molar-refractivity contribution in [3.63, 3.8) is 0 Å². The number of carbonyl (C=O) groups is 3. The van der Waals surface area contributed by atoms with Crippen molar-refractivity contribution in [1.82, 2.24) is 5.32 Å². The highest BCUT2D eigenvalue weighted by atomic mass is 16.6. The van der Waals surface area contributed by atoms with Gasteiger partial charge in [-0.05, 0) is 57.7 Å². The van der Waals surface area contributed by atoms with E-state index in [1.807, 2.05) is 0 Å². The fraction of sp³-hybridized carbons (Fsp3) is 0.571. The molecule has 0 saturated heterocycles. The number of carbonyl (C=O) groups excluding carboxylic acids is 3. The molecule has 28 heavy (non-hydrogen) atoms. The summed E-state index contributed by atoms with van der Waals surface area (Å²) in [6, 6.07) is 6.97. The maximum Gasteiger partial charge on any atom is 0.408 e. The van der Waals surface area contributed by atoms with E-state index in [1.54, 1.807) is 45.0 Å². The van der Waals surface area contributed by atoms with E-state index >= 15 is 0 Å². The molecule has 0 aliphatic heterocycles. The van der Waals surface area contributed by atoms with Crippen molar-refractivity contribution < 1.29 is 19.1 Å². The molecule has 154 valence electrons. The van der Waals surface area contributed by atoms with Gasteiger partial charge in [0.2, 0.25) is 11.8 Å². The van der Waals surface area contributed by atoms with E-state index < -0.39 is 11.7 Å². The van der Waals surface area contributed by atoms with Crippen LogP contribution in [0.2, 0.25) is 0 Å². The van der Waals surface area contributed by atoms with Crippen molar-refractivity contribution in [3.05, 3.63) is 24.3 Å². The number of amides is 3. The summed E-state index contributed by atoms with van der Waals surface area (Å²) >= 11 is 0. The van der Waals surface area contributed by atoms with Gasteiger partial charge in [0.15, 0.2) is 0 Å². The minimum Gasteiger partial charge on any atom is -0.444 e. The summed E-state index contributed by atoms with van der Waals surface area (Å²) in [4.78, 5) is 35.8. The molecule has 1 saturated carbocycles. The highest BCUT2D eigenvalue weighted by Gasteiger charge is 2.18. The molecule has 1 aliphatic rings. The van der Waals surface area contributed by atoms with Gasteiger partial charge in [0.1, 0.15) is 12.1 Å². The highest BCUT2D eigenvalue weighted by molar-refractivity contribution is 5.95. The molecular weight excluding hydrogens is 358 g/mol. The Labute approximate surface area is 166 Å². The molecule has 0 spiro atoms. The van der Waals surface area contributed by atoms with Gasteiger partial charge >= 0.3 is 6.09 Å². The lowest BCUT2D eigenvalue weighted by Crippen LogP contribution is -2.37. The van der Waals surface area contributed by atoms with Crippen LogP contribution in [0.3, 0.4) is 0 Å². The molecule has 0 radical (unpaired) electrons. The van der Waals surface area contributed by atoms with Crippen LogP contribution in [-0.2, 0) is 14.3 Å². The normalized spacial score (nSPS) is 14.8. The van der Waals surface area contributed by atoms with E-state index in [-0.39, 0.29) is 18.4 Å². The predicted octanol–water partition coefficient (Wildman–Crippen LogP) is 4.06. The monoisotopic (exact) mass is 389 g/mol. The summed E-state index contributed by atoms with van der Waals surface area (Å²) in [7, 11) is 0. The number of nitrogens with one attached hydrogen (secondary N) is 3. The van der Waals surface area contributed by atoms with Crippen LogP contribution >= 0.6 is 0 Å². The first-order valence-corrected chi connectivity index (χ1v) is 9.88. The summed E-state index contributed by atoms with van der Waals surface area (Å²) in [6.07, 6.45) is 5.81. The van der Waals surface area contributed by atoms with Gasteiger partial charge in [0, 0.05) is 17.8 Å². The standard InChI is InChI=1S/C21H31N3O4/c1-21(2,3)28-20(27)22-14-19(26)24-17-11-7-10-16(13-17)23-18(25)12-15-8-5-4-6-9-15/h7,10-11,13,15H,4-6,8-9,12,14H2,1-3H3,(H,22,27)(H,23,25)(H,24,26). The van der Waals surface area contributed by atoms with Gasteiger partial charge in [-0.25, -0.2) is 4.79 Å². The average Bonchev–Trinajstić information content (AvgIpc) is 2.59. The second-order valence-electron chi connectivity index (χ2n) is 8.24. The zero-order chi connectivity index (χ0) is 20.6. The second-order valence-corrected chi connectivity index (χ2v) is 8.24. The lowest BCUT2D eigenvalue weighted by atomic mass is 9.87. The van der Waals surface area contributed by atoms with E-state index in [0.717, 1.165) is 12.8 Å². The number of anilines is 2. The van der Waals surface area contributed by atoms with Gasteiger partial charge in [-0.2, -0.15) is 0 Å². The molecule has 0 atom stereocenters. The lowest BCUT2D eigenvalue weighted by Gasteiger charge is -2.21. The van der Waals surface area contributed by atoms with Crippen LogP contribution in [0.4, 0.5) is 16.2 Å². The summed E-state index contributed by atoms with van der Waals surface area (Å²) in [5.41, 5.74) is 0.565. The minimum absolute atomic E-state index is 0.00182. The zero-order valence-corrected chi connectivity index (χ0v) is 17.0.